The van der Waals surface area contributed by atoms with Crippen molar-refractivity contribution in [2.45, 2.75) is 25.7 Å². The van der Waals surface area contributed by atoms with Crippen molar-refractivity contribution in [3.63, 3.8) is 0 Å². The second-order valence-corrected chi connectivity index (χ2v) is 4.16. The highest BCUT2D eigenvalue weighted by Gasteiger charge is 2.31. The third-order valence-corrected chi connectivity index (χ3v) is 2.94. The summed E-state index contributed by atoms with van der Waals surface area (Å²) in [5.41, 5.74) is 2.33. The van der Waals surface area contributed by atoms with Crippen LogP contribution in [0.4, 0.5) is 0 Å². The van der Waals surface area contributed by atoms with E-state index in [0.717, 1.165) is 24.1 Å². The molecule has 1 fully saturated rings. The Kier molecular flexibility index (Phi) is 2.31. The van der Waals surface area contributed by atoms with Gasteiger partial charge in [0.05, 0.1) is 18.4 Å². The van der Waals surface area contributed by atoms with Crippen molar-refractivity contribution in [1.29, 1.82) is 0 Å². The lowest BCUT2D eigenvalue weighted by Crippen LogP contribution is -2.11. The molecule has 0 saturated heterocycles. The first-order valence-electron chi connectivity index (χ1n) is 5.80. The maximum Gasteiger partial charge on any atom is 0.340 e. The minimum atomic E-state index is -0.299. The molecule has 1 aliphatic rings. The van der Waals surface area contributed by atoms with Crippen LogP contribution in [0.5, 0.6) is 0 Å². The number of esters is 1. The van der Waals surface area contributed by atoms with Gasteiger partial charge in [-0.2, -0.15) is 5.10 Å². The Morgan fingerprint density at radius 3 is 3.12 bits per heavy atom. The number of ether oxygens (including phenoxy) is 1. The molecule has 5 heteroatoms. The summed E-state index contributed by atoms with van der Waals surface area (Å²) in [5, 5.41) is 4.17. The van der Waals surface area contributed by atoms with Gasteiger partial charge in [0, 0.05) is 18.0 Å². The van der Waals surface area contributed by atoms with Crippen LogP contribution in [0, 0.1) is 0 Å². The van der Waals surface area contributed by atoms with E-state index in [1.54, 1.807) is 30.0 Å². The van der Waals surface area contributed by atoms with Crippen LogP contribution >= 0.6 is 0 Å². The van der Waals surface area contributed by atoms with Gasteiger partial charge in [-0.1, -0.05) is 0 Å². The summed E-state index contributed by atoms with van der Waals surface area (Å²) >= 11 is 0. The Balaban J connectivity index is 2.16. The fraction of sp³-hybridized carbons (Fsp3) is 0.417. The molecule has 0 atom stereocenters. The summed E-state index contributed by atoms with van der Waals surface area (Å²) in [6.45, 7) is 2.18. The van der Waals surface area contributed by atoms with Gasteiger partial charge in [-0.05, 0) is 25.7 Å². The Bertz CT molecular complexity index is 572. The molecule has 0 aromatic carbocycles. The third-order valence-electron chi connectivity index (χ3n) is 2.94. The van der Waals surface area contributed by atoms with Gasteiger partial charge >= 0.3 is 5.97 Å². The van der Waals surface area contributed by atoms with Crippen LogP contribution < -0.4 is 0 Å². The van der Waals surface area contributed by atoms with Gasteiger partial charge in [-0.25, -0.2) is 14.3 Å². The van der Waals surface area contributed by atoms with Gasteiger partial charge in [0.1, 0.15) is 0 Å². The van der Waals surface area contributed by atoms with E-state index in [1.165, 1.54) is 0 Å². The summed E-state index contributed by atoms with van der Waals surface area (Å²) in [5.74, 6) is 0.134. The van der Waals surface area contributed by atoms with E-state index >= 15 is 0 Å². The van der Waals surface area contributed by atoms with Crippen LogP contribution in [0.2, 0.25) is 0 Å². The molecule has 88 valence electrons. The highest BCUT2D eigenvalue weighted by atomic mass is 16.5. The standard InChI is InChI=1S/C12H13N3O2/c1-2-17-12(16)9-7-14-15-6-5-13-11(15)10(9)8-3-4-8/h5-8H,2-4H2,1H3. The molecule has 0 spiro atoms. The van der Waals surface area contributed by atoms with Gasteiger partial charge in [0.2, 0.25) is 0 Å². The van der Waals surface area contributed by atoms with Crippen molar-refractivity contribution >= 4 is 11.6 Å². The second-order valence-electron chi connectivity index (χ2n) is 4.16. The van der Waals surface area contributed by atoms with Gasteiger partial charge in [0.15, 0.2) is 5.65 Å². The number of aromatic nitrogens is 3. The number of imidazole rings is 1. The quantitative estimate of drug-likeness (QED) is 0.755. The lowest BCUT2D eigenvalue weighted by Gasteiger charge is -2.08. The van der Waals surface area contributed by atoms with Gasteiger partial charge in [0.25, 0.3) is 0 Å². The molecule has 0 amide bonds. The first kappa shape index (κ1) is 10.3. The van der Waals surface area contributed by atoms with Crippen molar-refractivity contribution in [1.82, 2.24) is 14.6 Å². The molecular formula is C12H13N3O2. The van der Waals surface area contributed by atoms with Crippen LogP contribution in [0.1, 0.15) is 41.6 Å². The molecule has 0 N–H and O–H groups in total. The number of rotatable bonds is 3. The van der Waals surface area contributed by atoms with E-state index in [9.17, 15) is 4.79 Å². The predicted octanol–water partition coefficient (Wildman–Crippen LogP) is 1.78. The highest BCUT2D eigenvalue weighted by molar-refractivity contribution is 5.93. The molecule has 0 bridgehead atoms. The lowest BCUT2D eigenvalue weighted by molar-refractivity contribution is 0.0524. The van der Waals surface area contributed by atoms with Gasteiger partial charge in [-0.3, -0.25) is 0 Å². The van der Waals surface area contributed by atoms with E-state index in [2.05, 4.69) is 10.1 Å². The minimum Gasteiger partial charge on any atom is -0.462 e. The van der Waals surface area contributed by atoms with Crippen LogP contribution in [-0.2, 0) is 4.74 Å². The van der Waals surface area contributed by atoms with E-state index in [-0.39, 0.29) is 5.97 Å². The Labute approximate surface area is 98.4 Å². The van der Waals surface area contributed by atoms with Crippen LogP contribution in [-0.4, -0.2) is 27.2 Å². The van der Waals surface area contributed by atoms with Crippen LogP contribution in [0.25, 0.3) is 5.65 Å². The zero-order valence-corrected chi connectivity index (χ0v) is 9.59. The number of fused-ring (bicyclic) bond motifs is 1. The maximum absolute atomic E-state index is 11.9. The van der Waals surface area contributed by atoms with Crippen molar-refractivity contribution < 1.29 is 9.53 Å². The average molecular weight is 231 g/mol. The number of nitrogens with zero attached hydrogens (tertiary/aromatic N) is 3. The molecule has 2 heterocycles. The Morgan fingerprint density at radius 2 is 2.41 bits per heavy atom. The first-order valence-corrected chi connectivity index (χ1v) is 5.80. The summed E-state index contributed by atoms with van der Waals surface area (Å²) in [6.07, 6.45) is 7.29. The fourth-order valence-corrected chi connectivity index (χ4v) is 2.04. The molecule has 17 heavy (non-hydrogen) atoms. The van der Waals surface area contributed by atoms with Crippen LogP contribution in [0.15, 0.2) is 18.6 Å². The molecule has 1 saturated carbocycles. The molecule has 0 unspecified atom stereocenters. The monoisotopic (exact) mass is 231 g/mol. The zero-order valence-electron chi connectivity index (χ0n) is 9.59. The first-order chi connectivity index (χ1) is 8.31. The summed E-state index contributed by atoms with van der Waals surface area (Å²) in [4.78, 5) is 16.1. The molecule has 0 radical (unpaired) electrons. The molecule has 5 nitrogen and oxygen atoms in total. The number of carbonyl (C=O) groups is 1. The predicted molar refractivity (Wildman–Crippen MR) is 60.9 cm³/mol. The number of carbonyl (C=O) groups excluding carboxylic acids is 1. The van der Waals surface area contributed by atoms with Gasteiger partial charge in [-0.15, -0.1) is 0 Å². The van der Waals surface area contributed by atoms with E-state index < -0.39 is 0 Å². The average Bonchev–Trinajstić information content (AvgIpc) is 3.05. The summed E-state index contributed by atoms with van der Waals surface area (Å²) in [6, 6.07) is 0. The molecule has 3 rings (SSSR count). The minimum absolute atomic E-state index is 0.299. The van der Waals surface area contributed by atoms with E-state index in [0.29, 0.717) is 18.1 Å². The lowest BCUT2D eigenvalue weighted by atomic mass is 10.1. The van der Waals surface area contributed by atoms with Crippen molar-refractivity contribution in [2.24, 2.45) is 0 Å². The highest BCUT2D eigenvalue weighted by Crippen LogP contribution is 2.43. The largest absolute Gasteiger partial charge is 0.462 e. The summed E-state index contributed by atoms with van der Waals surface area (Å²) < 4.78 is 6.76. The van der Waals surface area contributed by atoms with Crippen molar-refractivity contribution in [3.8, 4) is 0 Å². The molecule has 0 aliphatic heterocycles. The zero-order chi connectivity index (χ0) is 11.8. The third kappa shape index (κ3) is 1.67. The normalized spacial score (nSPS) is 15.1. The number of hydrogen-bond donors (Lipinski definition) is 0. The Hall–Kier alpha value is -1.91. The topological polar surface area (TPSA) is 56.5 Å². The summed E-state index contributed by atoms with van der Waals surface area (Å²) in [7, 11) is 0. The van der Waals surface area contributed by atoms with Gasteiger partial charge < -0.3 is 4.74 Å². The van der Waals surface area contributed by atoms with Crippen molar-refractivity contribution in [3.05, 3.63) is 29.7 Å². The SMILES string of the molecule is CCOC(=O)c1cnn2ccnc2c1C1CC1. The Morgan fingerprint density at radius 1 is 1.59 bits per heavy atom. The van der Waals surface area contributed by atoms with E-state index in [4.69, 9.17) is 4.74 Å². The second kappa shape index (κ2) is 3.84. The fourth-order valence-electron chi connectivity index (χ4n) is 2.04. The van der Waals surface area contributed by atoms with E-state index in [1.807, 2.05) is 0 Å². The van der Waals surface area contributed by atoms with Crippen molar-refractivity contribution in [2.75, 3.05) is 6.61 Å². The molecule has 1 aliphatic carbocycles. The van der Waals surface area contributed by atoms with Crippen LogP contribution in [0.3, 0.4) is 0 Å². The smallest absolute Gasteiger partial charge is 0.340 e. The maximum atomic E-state index is 11.9. The molecular weight excluding hydrogens is 218 g/mol. The molecule has 2 aromatic heterocycles. The number of hydrogen-bond acceptors (Lipinski definition) is 4. The molecule has 2 aromatic rings.